The number of carbonyl (C=O) groups excluding carboxylic acids is 2. The summed E-state index contributed by atoms with van der Waals surface area (Å²) in [4.78, 5) is 47.1. The predicted molar refractivity (Wildman–Crippen MR) is 185 cm³/mol. The summed E-state index contributed by atoms with van der Waals surface area (Å²) in [6.45, 7) is -0.774. The number of carbonyl (C=O) groups is 4. The zero-order chi connectivity index (χ0) is 35.7. The van der Waals surface area contributed by atoms with Gasteiger partial charge < -0.3 is 19.7 Å². The maximum Gasteiger partial charge on any atom is 0.416 e. The molecule has 0 bridgehead atoms. The van der Waals surface area contributed by atoms with E-state index in [1.54, 1.807) is 24.3 Å². The zero-order valence-corrected chi connectivity index (χ0v) is 28.3. The SMILES string of the molecule is O=C(O)CN1C(=O)C(=Cc2ccc(OCc3cccc(C(F)(F)F)c3)c(OCc3ccccc3)c2)SC1=S.O=C(O)CN1C(=O)CSC1=S. The van der Waals surface area contributed by atoms with Crippen LogP contribution in [0.3, 0.4) is 0 Å². The number of aliphatic carboxylic acids is 2. The largest absolute Gasteiger partial charge is 0.485 e. The maximum absolute atomic E-state index is 13.1. The van der Waals surface area contributed by atoms with Gasteiger partial charge in [-0.25, -0.2) is 0 Å². The van der Waals surface area contributed by atoms with Crippen LogP contribution in [0, 0.1) is 0 Å². The second-order valence-electron chi connectivity index (χ2n) is 10.1. The molecule has 2 amide bonds. The Hall–Kier alpha value is -4.45. The number of carboxylic acid groups (broad SMARTS) is 2. The first-order chi connectivity index (χ1) is 23.2. The number of thioether (sulfide) groups is 2. The van der Waals surface area contributed by atoms with Crippen LogP contribution in [0.1, 0.15) is 22.3 Å². The van der Waals surface area contributed by atoms with Gasteiger partial charge in [-0.1, -0.05) is 96.5 Å². The Balaban J connectivity index is 0.000000418. The fourth-order valence-corrected chi connectivity index (χ4v) is 6.50. The molecule has 17 heteroatoms. The van der Waals surface area contributed by atoms with E-state index >= 15 is 0 Å². The van der Waals surface area contributed by atoms with Crippen molar-refractivity contribution in [2.75, 3.05) is 18.8 Å². The molecule has 2 aliphatic heterocycles. The highest BCUT2D eigenvalue weighted by molar-refractivity contribution is 8.26. The standard InChI is InChI=1S/C27H20F3NO5S2.C5H5NO3S2/c28-27(29,30)20-8-4-7-19(11-20)16-35-21-10-9-18(12-22(21)36-15-17-5-2-1-3-6-17)13-23-25(34)31(14-24(32)33)26(37)38-23;7-3-2-11-5(10)6(3)1-4(8)9/h1-13H,14-16H2,(H,32,33);1-2H2,(H,8,9). The number of amides is 2. The molecule has 0 spiro atoms. The Morgan fingerprint density at radius 3 is 2.08 bits per heavy atom. The first-order valence-electron chi connectivity index (χ1n) is 14.0. The van der Waals surface area contributed by atoms with Gasteiger partial charge in [-0.2, -0.15) is 13.2 Å². The molecule has 256 valence electrons. The number of ether oxygens (including phenoxy) is 2. The average molecular weight is 751 g/mol. The molecule has 0 unspecified atom stereocenters. The summed E-state index contributed by atoms with van der Waals surface area (Å²) in [6, 6.07) is 19.1. The van der Waals surface area contributed by atoms with Crippen molar-refractivity contribution in [2.24, 2.45) is 0 Å². The van der Waals surface area contributed by atoms with Crippen molar-refractivity contribution in [3.63, 3.8) is 0 Å². The smallest absolute Gasteiger partial charge is 0.416 e. The third kappa shape index (κ3) is 10.8. The summed E-state index contributed by atoms with van der Waals surface area (Å²) in [7, 11) is 0. The summed E-state index contributed by atoms with van der Waals surface area (Å²) in [5, 5.41) is 17.4. The molecule has 3 aromatic carbocycles. The number of hydrogen-bond acceptors (Lipinski definition) is 10. The van der Waals surface area contributed by atoms with Gasteiger partial charge in [0, 0.05) is 0 Å². The van der Waals surface area contributed by atoms with Crippen LogP contribution in [-0.4, -0.2) is 71.2 Å². The van der Waals surface area contributed by atoms with Gasteiger partial charge >= 0.3 is 18.1 Å². The van der Waals surface area contributed by atoms with Crippen molar-refractivity contribution in [2.45, 2.75) is 19.4 Å². The third-order valence-electron chi connectivity index (χ3n) is 6.45. The maximum atomic E-state index is 13.1. The first kappa shape index (κ1) is 37.4. The van der Waals surface area contributed by atoms with Crippen LogP contribution in [0.2, 0.25) is 0 Å². The lowest BCUT2D eigenvalue weighted by Gasteiger charge is -2.15. The lowest BCUT2D eigenvalue weighted by atomic mass is 10.1. The minimum atomic E-state index is -4.47. The van der Waals surface area contributed by atoms with Crippen LogP contribution in [0.5, 0.6) is 11.5 Å². The Bertz CT molecular complexity index is 1790. The van der Waals surface area contributed by atoms with Crippen molar-refractivity contribution in [3.05, 3.63) is 100.0 Å². The number of alkyl halides is 3. The Labute approximate surface area is 296 Å². The van der Waals surface area contributed by atoms with Gasteiger partial charge in [0.25, 0.3) is 5.91 Å². The molecule has 10 nitrogen and oxygen atoms in total. The van der Waals surface area contributed by atoms with Crippen molar-refractivity contribution in [1.29, 1.82) is 0 Å². The third-order valence-corrected chi connectivity index (χ3v) is 9.26. The molecule has 0 aliphatic carbocycles. The molecule has 0 saturated carbocycles. The van der Waals surface area contributed by atoms with E-state index < -0.39 is 36.1 Å². The minimum absolute atomic E-state index is 0.126. The van der Waals surface area contributed by atoms with Gasteiger partial charge in [0.1, 0.15) is 34.9 Å². The van der Waals surface area contributed by atoms with E-state index in [0.717, 1.165) is 39.3 Å². The minimum Gasteiger partial charge on any atom is -0.485 e. The Kier molecular flexibility index (Phi) is 12.8. The number of rotatable bonds is 11. The van der Waals surface area contributed by atoms with Crippen LogP contribution in [0.25, 0.3) is 6.08 Å². The van der Waals surface area contributed by atoms with Gasteiger partial charge in [0.05, 0.1) is 16.2 Å². The number of thiocarbonyl (C=S) groups is 2. The highest BCUT2D eigenvalue weighted by Crippen LogP contribution is 2.36. The first-order valence-corrected chi connectivity index (χ1v) is 16.6. The molecule has 2 heterocycles. The van der Waals surface area contributed by atoms with Crippen LogP contribution < -0.4 is 9.47 Å². The molecule has 2 saturated heterocycles. The van der Waals surface area contributed by atoms with E-state index in [4.69, 9.17) is 44.1 Å². The summed E-state index contributed by atoms with van der Waals surface area (Å²) >= 11 is 12.1. The molecule has 2 fully saturated rings. The van der Waals surface area contributed by atoms with E-state index in [2.05, 4.69) is 0 Å². The van der Waals surface area contributed by atoms with Crippen molar-refractivity contribution < 1.29 is 52.0 Å². The van der Waals surface area contributed by atoms with Gasteiger partial charge in [-0.05, 0) is 47.0 Å². The van der Waals surface area contributed by atoms with E-state index in [9.17, 15) is 32.3 Å². The Morgan fingerprint density at radius 2 is 1.45 bits per heavy atom. The molecule has 0 atom stereocenters. The molecule has 0 aromatic heterocycles. The zero-order valence-electron chi connectivity index (χ0n) is 25.0. The van der Waals surface area contributed by atoms with Crippen LogP contribution in [0.15, 0.2) is 77.7 Å². The normalized spacial score (nSPS) is 15.4. The number of nitrogens with zero attached hydrogens (tertiary/aromatic N) is 2. The number of hydrogen-bond donors (Lipinski definition) is 2. The molecular formula is C32H25F3N2O8S4. The molecule has 2 N–H and O–H groups in total. The van der Waals surface area contributed by atoms with Gasteiger partial charge in [0.2, 0.25) is 5.91 Å². The summed E-state index contributed by atoms with van der Waals surface area (Å²) in [5.41, 5.74) is 1.02. The van der Waals surface area contributed by atoms with Gasteiger partial charge in [0.15, 0.2) is 11.5 Å². The quantitative estimate of drug-likeness (QED) is 0.174. The predicted octanol–water partition coefficient (Wildman–Crippen LogP) is 6.08. The fourth-order valence-electron chi connectivity index (χ4n) is 4.17. The van der Waals surface area contributed by atoms with Crippen molar-refractivity contribution >= 4 is 86.4 Å². The van der Waals surface area contributed by atoms with Crippen LogP contribution >= 0.6 is 48.0 Å². The molecule has 49 heavy (non-hydrogen) atoms. The number of halogens is 3. The van der Waals surface area contributed by atoms with Gasteiger partial charge in [-0.15, -0.1) is 0 Å². The van der Waals surface area contributed by atoms with Crippen LogP contribution in [0.4, 0.5) is 13.2 Å². The average Bonchev–Trinajstić information content (AvgIpc) is 3.50. The van der Waals surface area contributed by atoms with E-state index in [1.807, 2.05) is 30.3 Å². The van der Waals surface area contributed by atoms with Crippen molar-refractivity contribution in [3.8, 4) is 11.5 Å². The van der Waals surface area contributed by atoms with E-state index in [1.165, 1.54) is 23.9 Å². The number of carboxylic acids is 2. The Morgan fingerprint density at radius 1 is 0.816 bits per heavy atom. The topological polar surface area (TPSA) is 134 Å². The number of benzene rings is 3. The molecule has 0 radical (unpaired) electrons. The fraction of sp³-hybridized carbons (Fsp3) is 0.188. The van der Waals surface area contributed by atoms with Gasteiger partial charge in [-0.3, -0.25) is 29.0 Å². The summed E-state index contributed by atoms with van der Waals surface area (Å²) in [5.74, 6) is -2.07. The molecule has 5 rings (SSSR count). The van der Waals surface area contributed by atoms with E-state index in [0.29, 0.717) is 26.9 Å². The lowest BCUT2D eigenvalue weighted by molar-refractivity contribution is -0.140. The molecular weight excluding hydrogens is 726 g/mol. The molecule has 3 aromatic rings. The van der Waals surface area contributed by atoms with E-state index in [-0.39, 0.29) is 40.6 Å². The highest BCUT2D eigenvalue weighted by Gasteiger charge is 2.33. The second kappa shape index (κ2) is 16.8. The van der Waals surface area contributed by atoms with Crippen LogP contribution in [-0.2, 0) is 38.6 Å². The van der Waals surface area contributed by atoms with Crippen molar-refractivity contribution in [1.82, 2.24) is 9.80 Å². The second-order valence-corrected chi connectivity index (χ2v) is 13.3. The highest BCUT2D eigenvalue weighted by atomic mass is 32.2. The lowest BCUT2D eigenvalue weighted by Crippen LogP contribution is -2.33. The molecule has 2 aliphatic rings. The monoisotopic (exact) mass is 750 g/mol. The summed E-state index contributed by atoms with van der Waals surface area (Å²) in [6.07, 6.45) is -2.90. The summed E-state index contributed by atoms with van der Waals surface area (Å²) < 4.78 is 51.5.